The molecular weight excluding hydrogens is 450 g/mol. The van der Waals surface area contributed by atoms with E-state index < -0.39 is 11.8 Å². The van der Waals surface area contributed by atoms with E-state index in [0.29, 0.717) is 12.1 Å². The molecule has 3 aliphatic carbocycles. The van der Waals surface area contributed by atoms with E-state index in [1.807, 2.05) is 24.3 Å². The van der Waals surface area contributed by atoms with Gasteiger partial charge in [0.1, 0.15) is 0 Å². The third-order valence-electron chi connectivity index (χ3n) is 8.01. The van der Waals surface area contributed by atoms with Crippen LogP contribution in [-0.4, -0.2) is 17.8 Å². The highest BCUT2D eigenvalue weighted by molar-refractivity contribution is 6.24. The Kier molecular flexibility index (Phi) is 5.71. The highest BCUT2D eigenvalue weighted by Gasteiger charge is 2.62. The molecule has 0 radical (unpaired) electrons. The minimum atomic E-state index is -0.467. The van der Waals surface area contributed by atoms with Gasteiger partial charge in [-0.05, 0) is 40.8 Å². The minimum Gasteiger partial charge on any atom is -0.424 e. The van der Waals surface area contributed by atoms with Gasteiger partial charge in [-0.3, -0.25) is 14.4 Å². The van der Waals surface area contributed by atoms with Gasteiger partial charge in [0, 0.05) is 18.3 Å². The average molecular weight is 480 g/mol. The lowest BCUT2D eigenvalue weighted by molar-refractivity contribution is -0.134. The molecule has 5 heteroatoms. The molecule has 1 heterocycles. The molecule has 36 heavy (non-hydrogen) atoms. The summed E-state index contributed by atoms with van der Waals surface area (Å²) >= 11 is 0. The van der Waals surface area contributed by atoms with Crippen LogP contribution in [0.3, 0.4) is 0 Å². The van der Waals surface area contributed by atoms with Crippen molar-refractivity contribution in [3.63, 3.8) is 0 Å². The summed E-state index contributed by atoms with van der Waals surface area (Å²) in [6, 6.07) is 23.3. The first-order chi connectivity index (χ1) is 17.6. The standard InChI is InChI=1S/C31H29NO4/c1-2-3-4-5-18-25(33)36-24-17-11-10-16-23(24)32-30(34)28-26-19-12-6-7-13-20(19)27(29(28)31(32)35)22-15-9-8-14-21(22)26/h6-17,26-29H,2-5,18H2,1H3/t26?,27?,28-,29-/m0/s1. The summed E-state index contributed by atoms with van der Waals surface area (Å²) < 4.78 is 5.70. The molecule has 1 saturated heterocycles. The second-order valence-electron chi connectivity index (χ2n) is 10.0. The van der Waals surface area contributed by atoms with E-state index in [4.69, 9.17) is 4.74 Å². The molecule has 2 amide bonds. The largest absolute Gasteiger partial charge is 0.424 e. The smallest absolute Gasteiger partial charge is 0.311 e. The van der Waals surface area contributed by atoms with E-state index in [9.17, 15) is 14.4 Å². The Morgan fingerprint density at radius 1 is 0.722 bits per heavy atom. The van der Waals surface area contributed by atoms with E-state index in [0.717, 1.165) is 47.9 Å². The molecule has 1 aliphatic heterocycles. The van der Waals surface area contributed by atoms with Crippen LogP contribution >= 0.6 is 0 Å². The lowest BCUT2D eigenvalue weighted by Gasteiger charge is -2.45. The van der Waals surface area contributed by atoms with Crippen molar-refractivity contribution >= 4 is 23.5 Å². The number of nitrogens with zero attached hydrogens (tertiary/aromatic N) is 1. The van der Waals surface area contributed by atoms with Crippen molar-refractivity contribution in [2.24, 2.45) is 11.8 Å². The zero-order valence-electron chi connectivity index (χ0n) is 20.4. The number of esters is 1. The maximum atomic E-state index is 14.0. The summed E-state index contributed by atoms with van der Waals surface area (Å²) in [5.41, 5.74) is 4.90. The van der Waals surface area contributed by atoms with E-state index in [-0.39, 0.29) is 35.4 Å². The average Bonchev–Trinajstić information content (AvgIpc) is 3.17. The van der Waals surface area contributed by atoms with Crippen LogP contribution in [0.15, 0.2) is 72.8 Å². The summed E-state index contributed by atoms with van der Waals surface area (Å²) in [5, 5.41) is 0. The van der Waals surface area contributed by atoms with Crippen molar-refractivity contribution in [2.45, 2.75) is 50.9 Å². The molecule has 0 unspecified atom stereocenters. The van der Waals surface area contributed by atoms with E-state index in [2.05, 4.69) is 31.2 Å². The quantitative estimate of drug-likeness (QED) is 0.182. The third-order valence-corrected chi connectivity index (χ3v) is 8.01. The number of rotatable bonds is 7. The molecule has 4 aliphatic rings. The van der Waals surface area contributed by atoms with Crippen molar-refractivity contribution < 1.29 is 19.1 Å². The molecule has 3 aromatic rings. The normalized spacial score (nSPS) is 23.3. The molecule has 5 nitrogen and oxygen atoms in total. The van der Waals surface area contributed by atoms with Crippen LogP contribution in [0.1, 0.15) is 73.1 Å². The van der Waals surface area contributed by atoms with Crippen molar-refractivity contribution in [1.82, 2.24) is 0 Å². The lowest BCUT2D eigenvalue weighted by atomic mass is 9.55. The van der Waals surface area contributed by atoms with Gasteiger partial charge in [-0.1, -0.05) is 86.8 Å². The van der Waals surface area contributed by atoms with E-state index in [1.54, 1.807) is 24.3 Å². The van der Waals surface area contributed by atoms with Gasteiger partial charge in [-0.25, -0.2) is 4.90 Å². The molecule has 3 aromatic carbocycles. The first-order valence-electron chi connectivity index (χ1n) is 13.0. The second-order valence-corrected chi connectivity index (χ2v) is 10.0. The van der Waals surface area contributed by atoms with Crippen molar-refractivity contribution in [2.75, 3.05) is 4.90 Å². The third kappa shape index (κ3) is 3.41. The highest BCUT2D eigenvalue weighted by Crippen LogP contribution is 2.61. The lowest BCUT2D eigenvalue weighted by Crippen LogP contribution is -2.41. The number of hydrogen-bond acceptors (Lipinski definition) is 4. The van der Waals surface area contributed by atoms with Crippen LogP contribution in [0.4, 0.5) is 5.69 Å². The van der Waals surface area contributed by atoms with Gasteiger partial charge in [0.05, 0.1) is 17.5 Å². The van der Waals surface area contributed by atoms with Gasteiger partial charge >= 0.3 is 5.97 Å². The molecule has 7 rings (SSSR count). The summed E-state index contributed by atoms with van der Waals surface area (Å²) in [7, 11) is 0. The first-order valence-corrected chi connectivity index (χ1v) is 13.0. The summed E-state index contributed by atoms with van der Waals surface area (Å²) in [5.74, 6) is -1.76. The van der Waals surface area contributed by atoms with Crippen LogP contribution in [0, 0.1) is 11.8 Å². The van der Waals surface area contributed by atoms with E-state index in [1.165, 1.54) is 4.90 Å². The minimum absolute atomic E-state index is 0.165. The van der Waals surface area contributed by atoms with Crippen LogP contribution in [-0.2, 0) is 14.4 Å². The summed E-state index contributed by atoms with van der Waals surface area (Å²) in [6.45, 7) is 2.12. The number of imide groups is 1. The molecule has 1 fully saturated rings. The van der Waals surface area contributed by atoms with Gasteiger partial charge in [0.2, 0.25) is 11.8 Å². The van der Waals surface area contributed by atoms with Crippen LogP contribution in [0.5, 0.6) is 5.75 Å². The Morgan fingerprint density at radius 2 is 1.22 bits per heavy atom. The van der Waals surface area contributed by atoms with Gasteiger partial charge in [0.25, 0.3) is 0 Å². The number of hydrogen-bond donors (Lipinski definition) is 0. The topological polar surface area (TPSA) is 63.7 Å². The zero-order chi connectivity index (χ0) is 24.8. The van der Waals surface area contributed by atoms with Crippen LogP contribution in [0.2, 0.25) is 0 Å². The van der Waals surface area contributed by atoms with Crippen molar-refractivity contribution in [3.05, 3.63) is 95.1 Å². The van der Waals surface area contributed by atoms with E-state index >= 15 is 0 Å². The van der Waals surface area contributed by atoms with Crippen molar-refractivity contribution in [3.8, 4) is 5.75 Å². The summed E-state index contributed by atoms with van der Waals surface area (Å²) in [4.78, 5) is 41.9. The van der Waals surface area contributed by atoms with Crippen LogP contribution in [0.25, 0.3) is 0 Å². The number of carbonyl (C=O) groups excluding carboxylic acids is 3. The zero-order valence-corrected chi connectivity index (χ0v) is 20.4. The first kappa shape index (κ1) is 22.7. The fraction of sp³-hybridized carbons (Fsp3) is 0.323. The fourth-order valence-corrected chi connectivity index (χ4v) is 6.51. The highest BCUT2D eigenvalue weighted by atomic mass is 16.5. The number of anilines is 1. The Balaban J connectivity index is 1.36. The maximum Gasteiger partial charge on any atom is 0.311 e. The Morgan fingerprint density at radius 3 is 1.75 bits per heavy atom. The van der Waals surface area contributed by atoms with Crippen LogP contribution < -0.4 is 9.64 Å². The Hall–Kier alpha value is -3.73. The predicted octanol–water partition coefficient (Wildman–Crippen LogP) is 5.96. The van der Waals surface area contributed by atoms with Gasteiger partial charge in [0.15, 0.2) is 5.75 Å². The van der Waals surface area contributed by atoms with Crippen molar-refractivity contribution in [1.29, 1.82) is 0 Å². The molecule has 0 spiro atoms. The predicted molar refractivity (Wildman–Crippen MR) is 137 cm³/mol. The second kappa shape index (κ2) is 9.05. The van der Waals surface area contributed by atoms with Gasteiger partial charge in [-0.15, -0.1) is 0 Å². The number of amides is 2. The number of benzene rings is 3. The molecule has 0 saturated carbocycles. The Labute approximate surface area is 211 Å². The maximum absolute atomic E-state index is 14.0. The van der Waals surface area contributed by atoms with Gasteiger partial charge in [-0.2, -0.15) is 0 Å². The molecule has 0 aromatic heterocycles. The molecule has 2 bridgehead atoms. The summed E-state index contributed by atoms with van der Waals surface area (Å²) in [6.07, 6.45) is 4.23. The molecule has 2 atom stereocenters. The number of carbonyl (C=O) groups is 3. The fourth-order valence-electron chi connectivity index (χ4n) is 6.51. The monoisotopic (exact) mass is 479 g/mol. The molecule has 0 N–H and O–H groups in total. The van der Waals surface area contributed by atoms with Gasteiger partial charge < -0.3 is 4.74 Å². The number of ether oxygens (including phenoxy) is 1. The number of unbranched alkanes of at least 4 members (excludes halogenated alkanes) is 3. The Bertz CT molecular complexity index is 1250. The molecule has 182 valence electrons. The SMILES string of the molecule is CCCCCCC(=O)Oc1ccccc1N1C(=O)[C@H]2C3c4ccccc4C(c4ccccc43)[C@@H]2C1=O. The molecular formula is C31H29NO4. The number of para-hydroxylation sites is 2.